The molecule has 8 atom stereocenters. The summed E-state index contributed by atoms with van der Waals surface area (Å²) in [5.41, 5.74) is 12.4. The molecule has 4 aliphatic carbocycles. The molecular formula is C29H35N3O3. The maximum Gasteiger partial charge on any atom is 0.315 e. The van der Waals surface area contributed by atoms with Crippen LogP contribution in [0.4, 0.5) is 0 Å². The van der Waals surface area contributed by atoms with Gasteiger partial charge < -0.3 is 9.47 Å². The molecule has 3 saturated carbocycles. The van der Waals surface area contributed by atoms with Gasteiger partial charge in [0.2, 0.25) is 0 Å². The van der Waals surface area contributed by atoms with Crippen LogP contribution in [0.25, 0.3) is 10.4 Å². The summed E-state index contributed by atoms with van der Waals surface area (Å²) < 4.78 is 12.3. The first kappa shape index (κ1) is 22.9. The van der Waals surface area contributed by atoms with Gasteiger partial charge in [-0.15, -0.1) is 0 Å². The minimum absolute atomic E-state index is 0.223. The molecule has 1 heterocycles. The third-order valence-electron chi connectivity index (χ3n) is 10.2. The summed E-state index contributed by atoms with van der Waals surface area (Å²) in [5.74, 6) is 1.92. The summed E-state index contributed by atoms with van der Waals surface area (Å²) in [6.45, 7) is 7.70. The highest BCUT2D eigenvalue weighted by Crippen LogP contribution is 2.65. The van der Waals surface area contributed by atoms with E-state index in [-0.39, 0.29) is 11.4 Å². The first-order valence-electron chi connectivity index (χ1n) is 13.2. The second-order valence-corrected chi connectivity index (χ2v) is 11.7. The first-order chi connectivity index (χ1) is 16.9. The predicted octanol–water partition coefficient (Wildman–Crippen LogP) is 6.68. The van der Waals surface area contributed by atoms with Gasteiger partial charge in [-0.05, 0) is 90.7 Å². The fourth-order valence-electron chi connectivity index (χ4n) is 8.35. The first-order valence-corrected chi connectivity index (χ1v) is 13.2. The Balaban J connectivity index is 1.16. The van der Waals surface area contributed by atoms with Crippen LogP contribution in [0.1, 0.15) is 63.9 Å². The number of ether oxygens (including phenoxy) is 2. The molecule has 6 heteroatoms. The van der Waals surface area contributed by atoms with Crippen LogP contribution in [-0.4, -0.2) is 23.7 Å². The number of rotatable bonds is 4. The van der Waals surface area contributed by atoms with Crippen molar-refractivity contribution in [2.45, 2.75) is 82.6 Å². The maximum absolute atomic E-state index is 12.4. The van der Waals surface area contributed by atoms with Crippen molar-refractivity contribution in [2.24, 2.45) is 34.2 Å². The van der Waals surface area contributed by atoms with Crippen LogP contribution < -0.4 is 0 Å². The van der Waals surface area contributed by atoms with Crippen LogP contribution in [0.3, 0.4) is 0 Å². The monoisotopic (exact) mass is 473 g/mol. The zero-order chi connectivity index (χ0) is 24.2. The second kappa shape index (κ2) is 8.53. The lowest BCUT2D eigenvalue weighted by molar-refractivity contribution is -0.148. The second-order valence-electron chi connectivity index (χ2n) is 11.7. The molecule has 4 fully saturated rings. The molecule has 0 N–H and O–H groups in total. The molecule has 0 aromatic heterocycles. The standard InChI is InChI=1S/C29H35N3O3/c1-18-24-15-25-23(22(24)11-13-29(18)16-26(31-32-30)27(33)35-29)9-8-20-14-21(10-12-28(20,25)2)34-17-19-6-4-3-5-7-19/h3-8,21-26H,1,9-17H2,2H3/t21-,22+,23-,24+,25-,26-,28-,29+/m0/s1. The Hall–Kier alpha value is -2.56. The van der Waals surface area contributed by atoms with E-state index in [4.69, 9.17) is 15.0 Å². The third-order valence-corrected chi connectivity index (χ3v) is 10.2. The zero-order valence-electron chi connectivity index (χ0n) is 20.6. The van der Waals surface area contributed by atoms with E-state index in [9.17, 15) is 4.79 Å². The predicted molar refractivity (Wildman–Crippen MR) is 133 cm³/mol. The Bertz CT molecular complexity index is 1110. The molecule has 6 rings (SSSR count). The highest BCUT2D eigenvalue weighted by molar-refractivity contribution is 5.79. The van der Waals surface area contributed by atoms with Gasteiger partial charge in [-0.3, -0.25) is 4.79 Å². The molecule has 1 aromatic carbocycles. The molecule has 6 nitrogen and oxygen atoms in total. The van der Waals surface area contributed by atoms with Crippen molar-refractivity contribution in [3.05, 3.63) is 70.1 Å². The van der Waals surface area contributed by atoms with Crippen molar-refractivity contribution in [3.8, 4) is 0 Å². The Labute approximate surface area is 207 Å². The summed E-state index contributed by atoms with van der Waals surface area (Å²) in [7, 11) is 0. The van der Waals surface area contributed by atoms with Gasteiger partial charge in [0.25, 0.3) is 0 Å². The number of hydrogen-bond donors (Lipinski definition) is 0. The average Bonchev–Trinajstić information content (AvgIpc) is 3.40. The zero-order valence-corrected chi connectivity index (χ0v) is 20.6. The number of carbonyl (C=O) groups excluding carboxylic acids is 1. The molecular weight excluding hydrogens is 438 g/mol. The van der Waals surface area contributed by atoms with E-state index >= 15 is 0 Å². The van der Waals surface area contributed by atoms with Crippen molar-refractivity contribution in [3.63, 3.8) is 0 Å². The van der Waals surface area contributed by atoms with Crippen LogP contribution in [0.5, 0.6) is 0 Å². The van der Waals surface area contributed by atoms with E-state index in [0.29, 0.717) is 42.8 Å². The van der Waals surface area contributed by atoms with Gasteiger partial charge >= 0.3 is 5.97 Å². The smallest absolute Gasteiger partial charge is 0.315 e. The van der Waals surface area contributed by atoms with E-state index < -0.39 is 11.6 Å². The van der Waals surface area contributed by atoms with Crippen molar-refractivity contribution in [1.82, 2.24) is 0 Å². The van der Waals surface area contributed by atoms with Crippen molar-refractivity contribution in [1.29, 1.82) is 0 Å². The van der Waals surface area contributed by atoms with Gasteiger partial charge in [-0.1, -0.05) is 60.6 Å². The Kier molecular flexibility index (Phi) is 5.58. The van der Waals surface area contributed by atoms with Gasteiger partial charge in [0, 0.05) is 11.3 Å². The van der Waals surface area contributed by atoms with Gasteiger partial charge in [0.15, 0.2) is 0 Å². The summed E-state index contributed by atoms with van der Waals surface area (Å²) in [4.78, 5) is 15.3. The topological polar surface area (TPSA) is 84.3 Å². The van der Waals surface area contributed by atoms with Crippen LogP contribution >= 0.6 is 0 Å². The molecule has 1 spiro atoms. The molecule has 0 radical (unpaired) electrons. The summed E-state index contributed by atoms with van der Waals surface area (Å²) >= 11 is 0. The minimum atomic E-state index is -0.714. The summed E-state index contributed by atoms with van der Waals surface area (Å²) in [5, 5.41) is 3.70. The van der Waals surface area contributed by atoms with Crippen LogP contribution in [-0.2, 0) is 20.9 Å². The largest absolute Gasteiger partial charge is 0.454 e. The number of hydrogen-bond acceptors (Lipinski definition) is 4. The Morgan fingerprint density at radius 2 is 2.06 bits per heavy atom. The van der Waals surface area contributed by atoms with Gasteiger partial charge in [0.1, 0.15) is 11.6 Å². The van der Waals surface area contributed by atoms with Crippen LogP contribution in [0.15, 0.2) is 59.2 Å². The molecule has 0 amide bonds. The van der Waals surface area contributed by atoms with Crippen LogP contribution in [0, 0.1) is 29.1 Å². The number of benzene rings is 1. The fraction of sp³-hybridized carbons (Fsp3) is 0.621. The number of carbonyl (C=O) groups is 1. The number of fused-ring (bicyclic) bond motifs is 5. The highest BCUT2D eigenvalue weighted by atomic mass is 16.6. The molecule has 1 saturated heterocycles. The minimum Gasteiger partial charge on any atom is -0.454 e. The molecule has 0 unspecified atom stereocenters. The highest BCUT2D eigenvalue weighted by Gasteiger charge is 2.61. The molecule has 5 aliphatic rings. The van der Waals surface area contributed by atoms with E-state index in [0.717, 1.165) is 44.1 Å². The van der Waals surface area contributed by atoms with E-state index in [1.54, 1.807) is 5.57 Å². The Morgan fingerprint density at radius 3 is 2.86 bits per heavy atom. The SMILES string of the molecule is C=C1[C@H]2C[C@H]3[C@@H](CC=C4C[C@@H](OCc5ccccc5)CC[C@@]43C)[C@H]2CC[C@@]12C[C@H](N=[N+]=[N-])C(=O)O2. The van der Waals surface area contributed by atoms with Crippen LogP contribution in [0.2, 0.25) is 0 Å². The van der Waals surface area contributed by atoms with E-state index in [2.05, 4.69) is 53.9 Å². The third kappa shape index (κ3) is 3.65. The van der Waals surface area contributed by atoms with Crippen molar-refractivity contribution >= 4 is 5.97 Å². The molecule has 0 bridgehead atoms. The van der Waals surface area contributed by atoms with Gasteiger partial charge in [-0.25, -0.2) is 0 Å². The maximum atomic E-state index is 12.4. The number of allylic oxidation sites excluding steroid dienone is 1. The molecule has 1 aliphatic heterocycles. The lowest BCUT2D eigenvalue weighted by Crippen LogP contribution is -2.42. The average molecular weight is 474 g/mol. The van der Waals surface area contributed by atoms with Gasteiger partial charge in [0.05, 0.1) is 12.7 Å². The lowest BCUT2D eigenvalue weighted by Gasteiger charge is -2.49. The quantitative estimate of drug-likeness (QED) is 0.161. The van der Waals surface area contributed by atoms with E-state index in [1.807, 2.05) is 6.07 Å². The number of azide groups is 1. The van der Waals surface area contributed by atoms with Crippen molar-refractivity contribution < 1.29 is 14.3 Å². The fourth-order valence-corrected chi connectivity index (χ4v) is 8.35. The summed E-state index contributed by atoms with van der Waals surface area (Å²) in [6.07, 6.45) is 10.7. The molecule has 184 valence electrons. The molecule has 35 heavy (non-hydrogen) atoms. The number of esters is 1. The Morgan fingerprint density at radius 1 is 1.23 bits per heavy atom. The van der Waals surface area contributed by atoms with E-state index in [1.165, 1.54) is 12.0 Å². The summed E-state index contributed by atoms with van der Waals surface area (Å²) in [6, 6.07) is 9.74. The lowest BCUT2D eigenvalue weighted by atomic mass is 9.56. The number of nitrogens with zero attached hydrogens (tertiary/aromatic N) is 3. The molecule has 1 aromatic rings. The normalized spacial score (nSPS) is 41.9. The van der Waals surface area contributed by atoms with Crippen molar-refractivity contribution in [2.75, 3.05) is 0 Å². The van der Waals surface area contributed by atoms with Gasteiger partial charge in [-0.2, -0.15) is 0 Å².